The molecule has 3 nitrogen and oxygen atoms in total. The van der Waals surface area contributed by atoms with Crippen LogP contribution in [0.3, 0.4) is 0 Å². The number of benzene rings is 2. The number of aromatic nitrogens is 1. The summed E-state index contributed by atoms with van der Waals surface area (Å²) < 4.78 is 1.79. The number of halogens is 1. The van der Waals surface area contributed by atoms with E-state index in [2.05, 4.69) is 5.32 Å². The monoisotopic (exact) mass is 381 g/mol. The van der Waals surface area contributed by atoms with Gasteiger partial charge in [0.05, 0.1) is 0 Å². The van der Waals surface area contributed by atoms with Crippen LogP contribution in [0.25, 0.3) is 11.5 Å². The molecule has 5 heteroatoms. The van der Waals surface area contributed by atoms with Crippen LogP contribution in [0.5, 0.6) is 0 Å². The standard InChI is InChI=1S/C21H17ClN2OS/c1-15-8-10-16(11-9-15)20(25)19(24-12-3-2-4-13-24)21(26)23-18-7-5-6-17(22)14-18/h2-14H,1H3,(H-,23,25,26)/p+1. The minimum Gasteiger partial charge on any atom is -0.502 e. The van der Waals surface area contributed by atoms with Crippen molar-refractivity contribution in [3.63, 3.8) is 0 Å². The zero-order chi connectivity index (χ0) is 18.5. The zero-order valence-electron chi connectivity index (χ0n) is 14.2. The Balaban J connectivity index is 2.05. The molecule has 0 fully saturated rings. The lowest BCUT2D eigenvalue weighted by molar-refractivity contribution is -0.575. The number of hydrogen-bond donors (Lipinski definition) is 2. The van der Waals surface area contributed by atoms with Crippen LogP contribution in [0.1, 0.15) is 11.1 Å². The SMILES string of the molecule is Cc1ccc(/C(O)=C(\C(=S)Nc2cccc(Cl)c2)[n+]2ccccc2)cc1. The quantitative estimate of drug-likeness (QED) is 0.280. The minimum atomic E-state index is 0.0979. The fourth-order valence-electron chi connectivity index (χ4n) is 2.50. The van der Waals surface area contributed by atoms with Gasteiger partial charge >= 0.3 is 0 Å². The van der Waals surface area contributed by atoms with Gasteiger partial charge in [-0.1, -0.05) is 65.8 Å². The number of rotatable bonds is 4. The second-order valence-electron chi connectivity index (χ2n) is 5.81. The Kier molecular flexibility index (Phi) is 5.66. The molecule has 0 atom stereocenters. The van der Waals surface area contributed by atoms with E-state index in [0.29, 0.717) is 21.3 Å². The molecule has 2 aromatic carbocycles. The van der Waals surface area contributed by atoms with Gasteiger partial charge < -0.3 is 10.4 Å². The number of anilines is 1. The highest BCUT2D eigenvalue weighted by molar-refractivity contribution is 7.81. The van der Waals surface area contributed by atoms with E-state index in [1.54, 1.807) is 16.7 Å². The first-order valence-electron chi connectivity index (χ1n) is 8.08. The van der Waals surface area contributed by atoms with Gasteiger partial charge in [-0.3, -0.25) is 0 Å². The summed E-state index contributed by atoms with van der Waals surface area (Å²) in [6.07, 6.45) is 3.68. The van der Waals surface area contributed by atoms with Crippen molar-refractivity contribution in [2.75, 3.05) is 5.32 Å². The molecule has 0 aliphatic heterocycles. The summed E-state index contributed by atoms with van der Waals surface area (Å²) in [6, 6.07) is 20.6. The van der Waals surface area contributed by atoms with Gasteiger partial charge in [-0.25, -0.2) is 0 Å². The van der Waals surface area contributed by atoms with Crippen molar-refractivity contribution in [3.05, 3.63) is 95.3 Å². The highest BCUT2D eigenvalue weighted by atomic mass is 35.5. The molecule has 0 spiro atoms. The van der Waals surface area contributed by atoms with E-state index in [1.807, 2.05) is 73.9 Å². The molecule has 3 rings (SSSR count). The lowest BCUT2D eigenvalue weighted by atomic mass is 10.1. The molecule has 1 heterocycles. The number of nitrogens with one attached hydrogen (secondary N) is 1. The van der Waals surface area contributed by atoms with Crippen molar-refractivity contribution < 1.29 is 9.67 Å². The van der Waals surface area contributed by atoms with Crippen molar-refractivity contribution in [1.82, 2.24) is 0 Å². The van der Waals surface area contributed by atoms with E-state index < -0.39 is 0 Å². The van der Waals surface area contributed by atoms with Gasteiger partial charge in [-0.2, -0.15) is 4.57 Å². The summed E-state index contributed by atoms with van der Waals surface area (Å²) in [5.41, 5.74) is 3.06. The number of aliphatic hydroxyl groups is 1. The normalized spacial score (nSPS) is 11.6. The van der Waals surface area contributed by atoms with E-state index in [4.69, 9.17) is 23.8 Å². The molecule has 0 bridgehead atoms. The number of aryl methyl sites for hydroxylation is 1. The maximum atomic E-state index is 10.9. The number of thiocarbonyl (C=S) groups is 1. The molecule has 26 heavy (non-hydrogen) atoms. The lowest BCUT2D eigenvalue weighted by Crippen LogP contribution is -2.38. The Morgan fingerprint density at radius 1 is 1.00 bits per heavy atom. The number of aliphatic hydroxyl groups excluding tert-OH is 1. The van der Waals surface area contributed by atoms with Gasteiger partial charge in [0.25, 0.3) is 5.70 Å². The molecule has 0 amide bonds. The number of pyridine rings is 1. The molecule has 0 aliphatic rings. The third-order valence-electron chi connectivity index (χ3n) is 3.82. The van der Waals surface area contributed by atoms with Crippen molar-refractivity contribution in [1.29, 1.82) is 0 Å². The zero-order valence-corrected chi connectivity index (χ0v) is 15.8. The van der Waals surface area contributed by atoms with Crippen LogP contribution in [0.2, 0.25) is 5.02 Å². The summed E-state index contributed by atoms with van der Waals surface area (Å²) in [5.74, 6) is 0.0979. The fourth-order valence-corrected chi connectivity index (χ4v) is 3.01. The molecule has 2 N–H and O–H groups in total. The van der Waals surface area contributed by atoms with Gasteiger partial charge in [0, 0.05) is 28.4 Å². The lowest BCUT2D eigenvalue weighted by Gasteiger charge is -2.10. The van der Waals surface area contributed by atoms with E-state index in [1.165, 1.54) is 0 Å². The molecule has 0 aliphatic carbocycles. The molecule has 1 aromatic heterocycles. The Labute approximate surface area is 163 Å². The Hall–Kier alpha value is -2.69. The van der Waals surface area contributed by atoms with Crippen LogP contribution in [-0.2, 0) is 0 Å². The molecule has 0 saturated heterocycles. The highest BCUT2D eigenvalue weighted by Gasteiger charge is 2.23. The molecule has 0 saturated carbocycles. The third kappa shape index (κ3) is 4.28. The van der Waals surface area contributed by atoms with Gasteiger partial charge in [-0.15, -0.1) is 0 Å². The highest BCUT2D eigenvalue weighted by Crippen LogP contribution is 2.21. The average Bonchev–Trinajstić information content (AvgIpc) is 2.63. The van der Waals surface area contributed by atoms with Crippen LogP contribution < -0.4 is 9.88 Å². The van der Waals surface area contributed by atoms with E-state index in [0.717, 1.165) is 11.3 Å². The van der Waals surface area contributed by atoms with E-state index in [-0.39, 0.29) is 5.76 Å². The molecule has 0 radical (unpaired) electrons. The maximum absolute atomic E-state index is 10.9. The Morgan fingerprint density at radius 3 is 2.35 bits per heavy atom. The van der Waals surface area contributed by atoms with Crippen LogP contribution >= 0.6 is 23.8 Å². The summed E-state index contributed by atoms with van der Waals surface area (Å²) in [7, 11) is 0. The number of nitrogens with zero attached hydrogens (tertiary/aromatic N) is 1. The predicted molar refractivity (Wildman–Crippen MR) is 111 cm³/mol. The van der Waals surface area contributed by atoms with E-state index in [9.17, 15) is 5.11 Å². The minimum absolute atomic E-state index is 0.0979. The first-order chi connectivity index (χ1) is 12.5. The predicted octanol–water partition coefficient (Wildman–Crippen LogP) is 5.26. The van der Waals surface area contributed by atoms with Gasteiger partial charge in [0.15, 0.2) is 23.1 Å². The van der Waals surface area contributed by atoms with Crippen molar-refractivity contribution >= 4 is 46.0 Å². The number of hydrogen-bond acceptors (Lipinski definition) is 2. The van der Waals surface area contributed by atoms with Gasteiger partial charge in [-0.05, 0) is 25.1 Å². The smallest absolute Gasteiger partial charge is 0.288 e. The molecular formula is C21H18ClN2OS+. The van der Waals surface area contributed by atoms with Crippen molar-refractivity contribution in [3.8, 4) is 0 Å². The summed E-state index contributed by atoms with van der Waals surface area (Å²) in [5, 5.41) is 14.7. The first kappa shape index (κ1) is 18.1. The van der Waals surface area contributed by atoms with Crippen LogP contribution in [0, 0.1) is 6.92 Å². The third-order valence-corrected chi connectivity index (χ3v) is 4.35. The Morgan fingerprint density at radius 2 is 1.69 bits per heavy atom. The van der Waals surface area contributed by atoms with Crippen molar-refractivity contribution in [2.45, 2.75) is 6.92 Å². The topological polar surface area (TPSA) is 36.1 Å². The summed E-state index contributed by atoms with van der Waals surface area (Å²) >= 11 is 11.6. The molecule has 0 unspecified atom stereocenters. The van der Waals surface area contributed by atoms with Gasteiger partial charge in [0.1, 0.15) is 0 Å². The summed E-state index contributed by atoms with van der Waals surface area (Å²) in [6.45, 7) is 2.00. The van der Waals surface area contributed by atoms with Crippen molar-refractivity contribution in [2.24, 2.45) is 0 Å². The fraction of sp³-hybridized carbons (Fsp3) is 0.0476. The maximum Gasteiger partial charge on any atom is 0.288 e. The van der Waals surface area contributed by atoms with Gasteiger partial charge in [0.2, 0.25) is 0 Å². The molecule has 3 aromatic rings. The second kappa shape index (κ2) is 8.13. The first-order valence-corrected chi connectivity index (χ1v) is 8.87. The Bertz CT molecular complexity index is 953. The second-order valence-corrected chi connectivity index (χ2v) is 6.66. The van der Waals surface area contributed by atoms with Crippen LogP contribution in [0.4, 0.5) is 5.69 Å². The van der Waals surface area contributed by atoms with Crippen LogP contribution in [0.15, 0.2) is 79.1 Å². The largest absolute Gasteiger partial charge is 0.502 e. The molecule has 130 valence electrons. The summed E-state index contributed by atoms with van der Waals surface area (Å²) in [4.78, 5) is 0.390. The van der Waals surface area contributed by atoms with E-state index >= 15 is 0 Å². The van der Waals surface area contributed by atoms with Crippen LogP contribution in [-0.4, -0.2) is 10.1 Å². The molecular weight excluding hydrogens is 364 g/mol. The average molecular weight is 382 g/mol.